The fraction of sp³-hybridized carbons (Fsp3) is 0.600. The summed E-state index contributed by atoms with van der Waals surface area (Å²) >= 11 is 0. The fourth-order valence-electron chi connectivity index (χ4n) is 4.23. The molecule has 3 rings (SSSR count). The number of benzene rings is 1. The molecule has 1 aromatic carbocycles. The van der Waals surface area contributed by atoms with E-state index < -0.39 is 0 Å². The predicted octanol–water partition coefficient (Wildman–Crippen LogP) is 6.25. The number of fused-ring (bicyclic) bond motifs is 1. The normalized spacial score (nSPS) is 17.3. The Morgan fingerprint density at radius 1 is 0.733 bits per heavy atom. The summed E-state index contributed by atoms with van der Waals surface area (Å²) in [5.41, 5.74) is 4.16. The molecule has 0 unspecified atom stereocenters. The number of ether oxygens (including phenoxy) is 2. The molecule has 5 nitrogen and oxygen atoms in total. The van der Waals surface area contributed by atoms with E-state index in [1.807, 2.05) is 18.5 Å². The molecule has 30 heavy (non-hydrogen) atoms. The van der Waals surface area contributed by atoms with Crippen LogP contribution in [0.5, 0.6) is 11.5 Å². The number of methoxy groups -OCH3 is 2. The number of nitrogens with one attached hydrogen (secondary N) is 1. The third-order valence-electron chi connectivity index (χ3n) is 6.04. The average Bonchev–Trinajstić information content (AvgIpc) is 3.09. The molecule has 1 aromatic heterocycles. The van der Waals surface area contributed by atoms with Crippen molar-refractivity contribution in [2.75, 3.05) is 27.3 Å². The van der Waals surface area contributed by atoms with Crippen molar-refractivity contribution in [1.29, 1.82) is 0 Å². The van der Waals surface area contributed by atoms with Gasteiger partial charge in [-0.2, -0.15) is 0 Å². The number of aromatic amines is 1. The SMILES string of the molecule is COc1cc(OC)c2c(C)c3[nH]c2c1C=NCCCCCCCCCCCCN=C3. The summed E-state index contributed by atoms with van der Waals surface area (Å²) in [7, 11) is 3.40. The second-order valence-corrected chi connectivity index (χ2v) is 8.21. The Kier molecular flexibility index (Phi) is 8.79. The number of hydrogen-bond donors (Lipinski definition) is 1. The van der Waals surface area contributed by atoms with E-state index in [9.17, 15) is 0 Å². The van der Waals surface area contributed by atoms with Crippen LogP contribution >= 0.6 is 0 Å². The molecular weight excluding hydrogens is 374 g/mol. The minimum atomic E-state index is 0.773. The molecule has 0 saturated carbocycles. The highest BCUT2D eigenvalue weighted by atomic mass is 16.5. The summed E-state index contributed by atoms with van der Waals surface area (Å²) in [4.78, 5) is 12.9. The van der Waals surface area contributed by atoms with Crippen molar-refractivity contribution >= 4 is 23.3 Å². The van der Waals surface area contributed by atoms with Crippen molar-refractivity contribution < 1.29 is 9.47 Å². The van der Waals surface area contributed by atoms with Gasteiger partial charge in [0.15, 0.2) is 0 Å². The van der Waals surface area contributed by atoms with Crippen molar-refractivity contribution in [3.05, 3.63) is 22.9 Å². The largest absolute Gasteiger partial charge is 0.496 e. The van der Waals surface area contributed by atoms with Gasteiger partial charge in [-0.25, -0.2) is 0 Å². The molecule has 0 amide bonds. The number of nitrogens with zero attached hydrogens (tertiary/aromatic N) is 2. The van der Waals surface area contributed by atoms with Gasteiger partial charge in [0.1, 0.15) is 11.5 Å². The first kappa shape index (κ1) is 22.4. The third kappa shape index (κ3) is 5.65. The van der Waals surface area contributed by atoms with Crippen LogP contribution in [0.15, 0.2) is 16.1 Å². The lowest BCUT2D eigenvalue weighted by Gasteiger charge is -2.10. The third-order valence-corrected chi connectivity index (χ3v) is 6.04. The fourth-order valence-corrected chi connectivity index (χ4v) is 4.23. The van der Waals surface area contributed by atoms with E-state index in [0.717, 1.165) is 65.2 Å². The summed E-state index contributed by atoms with van der Waals surface area (Å²) in [5, 5.41) is 1.08. The van der Waals surface area contributed by atoms with Crippen LogP contribution < -0.4 is 9.47 Å². The molecule has 2 bridgehead atoms. The molecular formula is C25H37N3O2. The average molecular weight is 412 g/mol. The minimum absolute atomic E-state index is 0.773. The number of aromatic nitrogens is 1. The molecule has 1 aliphatic heterocycles. The van der Waals surface area contributed by atoms with Gasteiger partial charge in [0.25, 0.3) is 0 Å². The molecule has 2 aromatic rings. The molecule has 164 valence electrons. The van der Waals surface area contributed by atoms with E-state index in [1.54, 1.807) is 14.2 Å². The van der Waals surface area contributed by atoms with Gasteiger partial charge in [0.05, 0.1) is 31.0 Å². The molecule has 0 fully saturated rings. The Morgan fingerprint density at radius 2 is 1.27 bits per heavy atom. The zero-order valence-corrected chi connectivity index (χ0v) is 18.9. The maximum absolute atomic E-state index is 5.68. The van der Waals surface area contributed by atoms with Crippen molar-refractivity contribution in [2.45, 2.75) is 71.1 Å². The Hall–Kier alpha value is -2.30. The van der Waals surface area contributed by atoms with Crippen molar-refractivity contribution in [2.24, 2.45) is 9.98 Å². The van der Waals surface area contributed by atoms with Crippen LogP contribution in [0.3, 0.4) is 0 Å². The molecule has 5 heteroatoms. The van der Waals surface area contributed by atoms with Crippen LogP contribution in [-0.2, 0) is 0 Å². The maximum Gasteiger partial charge on any atom is 0.133 e. The van der Waals surface area contributed by atoms with Crippen molar-refractivity contribution in [3.8, 4) is 11.5 Å². The number of aryl methyl sites for hydroxylation is 1. The highest BCUT2D eigenvalue weighted by Gasteiger charge is 2.18. The number of hydrogen-bond acceptors (Lipinski definition) is 4. The summed E-state index contributed by atoms with van der Waals surface area (Å²) < 4.78 is 11.3. The van der Waals surface area contributed by atoms with Gasteiger partial charge in [-0.05, 0) is 25.3 Å². The van der Waals surface area contributed by atoms with Crippen LogP contribution in [0.25, 0.3) is 10.9 Å². The lowest BCUT2D eigenvalue weighted by molar-refractivity contribution is 0.397. The molecule has 0 spiro atoms. The van der Waals surface area contributed by atoms with Gasteiger partial charge >= 0.3 is 0 Å². The topological polar surface area (TPSA) is 59.0 Å². The van der Waals surface area contributed by atoms with Crippen molar-refractivity contribution in [3.63, 3.8) is 0 Å². The summed E-state index contributed by atoms with van der Waals surface area (Å²) in [5.74, 6) is 1.58. The highest BCUT2D eigenvalue weighted by molar-refractivity contribution is 6.07. The number of aliphatic imine (C=N–C) groups is 2. The van der Waals surface area contributed by atoms with Crippen LogP contribution in [-0.4, -0.2) is 44.7 Å². The summed E-state index contributed by atoms with van der Waals surface area (Å²) in [6, 6.07) is 1.96. The zero-order valence-electron chi connectivity index (χ0n) is 18.9. The maximum atomic E-state index is 5.68. The number of H-pyrrole nitrogens is 1. The van der Waals surface area contributed by atoms with Crippen LogP contribution in [0.4, 0.5) is 0 Å². The first-order valence-electron chi connectivity index (χ1n) is 11.5. The lowest BCUT2D eigenvalue weighted by atomic mass is 10.1. The van der Waals surface area contributed by atoms with Gasteiger partial charge in [-0.15, -0.1) is 0 Å². The molecule has 0 saturated heterocycles. The molecule has 1 N–H and O–H groups in total. The zero-order chi connectivity index (χ0) is 21.2. The lowest BCUT2D eigenvalue weighted by Crippen LogP contribution is -1.96. The van der Waals surface area contributed by atoms with E-state index in [4.69, 9.17) is 14.5 Å². The molecule has 0 atom stereocenters. The van der Waals surface area contributed by atoms with E-state index in [0.29, 0.717) is 0 Å². The molecule has 0 radical (unpaired) electrons. The highest BCUT2D eigenvalue weighted by Crippen LogP contribution is 2.37. The van der Waals surface area contributed by atoms with Gasteiger partial charge in [0.2, 0.25) is 0 Å². The Bertz CT molecular complexity index is 867. The molecule has 0 aliphatic carbocycles. The van der Waals surface area contributed by atoms with Gasteiger partial charge in [0, 0.05) is 37.0 Å². The smallest absolute Gasteiger partial charge is 0.133 e. The van der Waals surface area contributed by atoms with E-state index in [-0.39, 0.29) is 0 Å². The molecule has 1 aliphatic rings. The second-order valence-electron chi connectivity index (χ2n) is 8.21. The quantitative estimate of drug-likeness (QED) is 0.635. The van der Waals surface area contributed by atoms with E-state index in [2.05, 4.69) is 16.9 Å². The standard InChI is InChI=1S/C25H37N3O2/c1-19-21-18-27-15-13-11-9-7-5-4-6-8-10-12-14-26-17-20-22(29-2)16-23(30-3)24(19)25(20)28-21/h16-18,28H,4-15H2,1-3H3. The van der Waals surface area contributed by atoms with Gasteiger partial charge in [-0.1, -0.05) is 51.4 Å². The minimum Gasteiger partial charge on any atom is -0.496 e. The number of rotatable bonds is 2. The second kappa shape index (κ2) is 11.8. The van der Waals surface area contributed by atoms with Gasteiger partial charge < -0.3 is 14.5 Å². The Balaban J connectivity index is 1.93. The predicted molar refractivity (Wildman–Crippen MR) is 127 cm³/mol. The summed E-state index contributed by atoms with van der Waals surface area (Å²) in [6.07, 6.45) is 16.9. The van der Waals surface area contributed by atoms with Crippen LogP contribution in [0.2, 0.25) is 0 Å². The van der Waals surface area contributed by atoms with E-state index in [1.165, 1.54) is 51.4 Å². The Labute approximate surface area is 181 Å². The monoisotopic (exact) mass is 411 g/mol. The first-order chi connectivity index (χ1) is 14.8. The van der Waals surface area contributed by atoms with E-state index >= 15 is 0 Å². The van der Waals surface area contributed by atoms with Gasteiger partial charge in [-0.3, -0.25) is 9.98 Å². The van der Waals surface area contributed by atoms with Crippen molar-refractivity contribution in [1.82, 2.24) is 4.98 Å². The van der Waals surface area contributed by atoms with Crippen LogP contribution in [0, 0.1) is 6.92 Å². The summed E-state index contributed by atoms with van der Waals surface area (Å²) in [6.45, 7) is 3.85. The Morgan fingerprint density at radius 3 is 1.83 bits per heavy atom. The molecule has 2 heterocycles. The van der Waals surface area contributed by atoms with Crippen LogP contribution in [0.1, 0.15) is 81.0 Å². The first-order valence-corrected chi connectivity index (χ1v) is 11.5.